The van der Waals surface area contributed by atoms with E-state index in [1.165, 1.54) is 12.1 Å². The summed E-state index contributed by atoms with van der Waals surface area (Å²) in [4.78, 5) is 12.7. The standard InChI is InChI=1S/C22H23ClFN4O/c23-18-9-7-17(8-10-18)20(29)15-28-21-4-2-1-3-13-27(21)22(26-28)25-14-16-5-11-19(24)12-6-16/h5-12H,1-4,13-15H2,(H,25,26)/q+1. The summed E-state index contributed by atoms with van der Waals surface area (Å²) < 4.78 is 17.1. The number of nitrogens with zero attached hydrogens (tertiary/aromatic N) is 3. The molecule has 0 unspecified atom stereocenters. The first-order chi connectivity index (χ1) is 14.1. The molecule has 4 rings (SSSR count). The molecule has 0 fully saturated rings. The molecule has 0 radical (unpaired) electrons. The smallest absolute Gasteiger partial charge is 0.291 e. The zero-order valence-corrected chi connectivity index (χ0v) is 16.8. The van der Waals surface area contributed by atoms with Crippen molar-refractivity contribution < 1.29 is 13.8 Å². The summed E-state index contributed by atoms with van der Waals surface area (Å²) in [5.41, 5.74) is 1.60. The highest BCUT2D eigenvalue weighted by Crippen LogP contribution is 2.15. The number of fused-ring (bicyclic) bond motifs is 1. The summed E-state index contributed by atoms with van der Waals surface area (Å²) in [5.74, 6) is 1.56. The average Bonchev–Trinajstić information content (AvgIpc) is 2.89. The number of anilines is 1. The van der Waals surface area contributed by atoms with Crippen molar-refractivity contribution in [3.05, 3.63) is 76.3 Å². The van der Waals surface area contributed by atoms with Gasteiger partial charge in [-0.1, -0.05) is 30.2 Å². The number of halogens is 2. The first-order valence-corrected chi connectivity index (χ1v) is 10.2. The molecule has 0 spiro atoms. The van der Waals surface area contributed by atoms with Crippen LogP contribution >= 0.6 is 11.6 Å². The first kappa shape index (κ1) is 19.6. The van der Waals surface area contributed by atoms with Crippen LogP contribution in [0.3, 0.4) is 0 Å². The van der Waals surface area contributed by atoms with Crippen LogP contribution in [0.25, 0.3) is 0 Å². The third kappa shape index (κ3) is 4.65. The van der Waals surface area contributed by atoms with Crippen LogP contribution in [0.1, 0.15) is 41.0 Å². The van der Waals surface area contributed by atoms with Crippen molar-refractivity contribution in [2.24, 2.45) is 0 Å². The van der Waals surface area contributed by atoms with Gasteiger partial charge in [0.25, 0.3) is 0 Å². The van der Waals surface area contributed by atoms with Crippen LogP contribution < -0.4 is 9.88 Å². The number of carbonyl (C=O) groups excluding carboxylic acids is 1. The van der Waals surface area contributed by atoms with Gasteiger partial charge in [0, 0.05) is 22.1 Å². The Morgan fingerprint density at radius 3 is 2.62 bits per heavy atom. The number of benzene rings is 2. The summed E-state index contributed by atoms with van der Waals surface area (Å²) in [6, 6.07) is 13.4. The average molecular weight is 414 g/mol. The number of Topliss-reactive ketones (excluding diaryl/α,β-unsaturated/α-hetero) is 1. The number of ketones is 1. The van der Waals surface area contributed by atoms with Crippen molar-refractivity contribution in [2.45, 2.75) is 45.3 Å². The quantitative estimate of drug-likeness (QED) is 0.487. The maximum absolute atomic E-state index is 13.1. The van der Waals surface area contributed by atoms with E-state index in [0.29, 0.717) is 17.1 Å². The Morgan fingerprint density at radius 1 is 1.10 bits per heavy atom. The summed E-state index contributed by atoms with van der Waals surface area (Å²) in [6.07, 6.45) is 4.21. The van der Waals surface area contributed by atoms with Gasteiger partial charge in [-0.3, -0.25) is 10.1 Å². The Kier molecular flexibility index (Phi) is 5.90. The second kappa shape index (κ2) is 8.74. The molecule has 7 heteroatoms. The second-order valence-electron chi connectivity index (χ2n) is 7.27. The third-order valence-electron chi connectivity index (χ3n) is 5.19. The van der Waals surface area contributed by atoms with Crippen LogP contribution in [-0.2, 0) is 26.1 Å². The van der Waals surface area contributed by atoms with Crippen LogP contribution in [0, 0.1) is 5.82 Å². The molecule has 1 N–H and O–H groups in total. The van der Waals surface area contributed by atoms with E-state index in [2.05, 4.69) is 9.88 Å². The van der Waals surface area contributed by atoms with Gasteiger partial charge in [0.2, 0.25) is 5.82 Å². The number of hydrogen-bond donors (Lipinski definition) is 1. The number of hydrogen-bond acceptors (Lipinski definition) is 3. The van der Waals surface area contributed by atoms with Crippen molar-refractivity contribution in [1.29, 1.82) is 0 Å². The van der Waals surface area contributed by atoms with E-state index in [9.17, 15) is 9.18 Å². The molecule has 1 aliphatic heterocycles. The van der Waals surface area contributed by atoms with Crippen LogP contribution in [0.5, 0.6) is 0 Å². The number of aromatic nitrogens is 3. The van der Waals surface area contributed by atoms with Gasteiger partial charge in [-0.05, 0) is 54.8 Å². The van der Waals surface area contributed by atoms with Gasteiger partial charge in [-0.15, -0.1) is 4.68 Å². The number of nitrogens with one attached hydrogen (secondary N) is 1. The summed E-state index contributed by atoms with van der Waals surface area (Å²) in [5, 5.41) is 8.66. The minimum Gasteiger partial charge on any atom is -0.291 e. The molecule has 3 aromatic rings. The van der Waals surface area contributed by atoms with Crippen molar-refractivity contribution in [2.75, 3.05) is 5.32 Å². The molecule has 0 saturated heterocycles. The van der Waals surface area contributed by atoms with Crippen LogP contribution in [0.15, 0.2) is 48.5 Å². The molecule has 0 atom stereocenters. The van der Waals surface area contributed by atoms with Crippen molar-refractivity contribution in [3.8, 4) is 0 Å². The highest BCUT2D eigenvalue weighted by Gasteiger charge is 2.27. The zero-order chi connectivity index (χ0) is 20.2. The topological polar surface area (TPSA) is 50.8 Å². The minimum absolute atomic E-state index is 0.00176. The summed E-state index contributed by atoms with van der Waals surface area (Å²) in [6.45, 7) is 1.60. The van der Waals surface area contributed by atoms with Gasteiger partial charge in [-0.2, -0.15) is 0 Å². The Balaban J connectivity index is 1.56. The molecule has 0 bridgehead atoms. The van der Waals surface area contributed by atoms with Crippen molar-refractivity contribution in [3.63, 3.8) is 0 Å². The Bertz CT molecular complexity index is 999. The molecule has 0 aliphatic carbocycles. The SMILES string of the molecule is O=C(Cn1nc(NCc2ccc(F)cc2)[n+]2c1CCCCC2)c1ccc(Cl)cc1. The Labute approximate surface area is 174 Å². The second-order valence-corrected chi connectivity index (χ2v) is 7.71. The van der Waals surface area contributed by atoms with Crippen LogP contribution in [0.2, 0.25) is 5.02 Å². The molecule has 2 aromatic carbocycles. The van der Waals surface area contributed by atoms with Gasteiger partial charge >= 0.3 is 5.95 Å². The van der Waals surface area contributed by atoms with Crippen molar-refractivity contribution >= 4 is 23.3 Å². The van der Waals surface area contributed by atoms with E-state index in [4.69, 9.17) is 16.7 Å². The maximum atomic E-state index is 13.1. The number of carbonyl (C=O) groups is 1. The van der Waals surface area contributed by atoms with E-state index < -0.39 is 0 Å². The Morgan fingerprint density at radius 2 is 1.86 bits per heavy atom. The lowest BCUT2D eigenvalue weighted by atomic mass is 10.1. The van der Waals surface area contributed by atoms with E-state index in [1.54, 1.807) is 36.4 Å². The predicted octanol–water partition coefficient (Wildman–Crippen LogP) is 4.18. The largest absolute Gasteiger partial charge is 0.378 e. The normalized spacial score (nSPS) is 13.6. The molecular weight excluding hydrogens is 391 g/mol. The summed E-state index contributed by atoms with van der Waals surface area (Å²) in [7, 11) is 0. The predicted molar refractivity (Wildman–Crippen MR) is 109 cm³/mol. The molecule has 1 aromatic heterocycles. The van der Waals surface area contributed by atoms with Crippen molar-refractivity contribution in [1.82, 2.24) is 9.78 Å². The minimum atomic E-state index is -0.248. The van der Waals surface area contributed by atoms with Crippen LogP contribution in [0.4, 0.5) is 10.3 Å². The zero-order valence-electron chi connectivity index (χ0n) is 16.1. The van der Waals surface area contributed by atoms with E-state index in [-0.39, 0.29) is 18.1 Å². The lowest BCUT2D eigenvalue weighted by molar-refractivity contribution is -0.690. The molecule has 150 valence electrons. The van der Waals surface area contributed by atoms with Gasteiger partial charge in [-0.25, -0.2) is 8.96 Å². The molecule has 1 aliphatic rings. The Hall–Kier alpha value is -2.73. The highest BCUT2D eigenvalue weighted by molar-refractivity contribution is 6.30. The summed E-state index contributed by atoms with van der Waals surface area (Å²) >= 11 is 5.93. The van der Waals surface area contributed by atoms with E-state index >= 15 is 0 Å². The van der Waals surface area contributed by atoms with Gasteiger partial charge in [0.1, 0.15) is 5.82 Å². The van der Waals surface area contributed by atoms with Gasteiger partial charge in [0.15, 0.2) is 12.3 Å². The fourth-order valence-electron chi connectivity index (χ4n) is 3.62. The first-order valence-electron chi connectivity index (χ1n) is 9.87. The fourth-order valence-corrected chi connectivity index (χ4v) is 3.75. The highest BCUT2D eigenvalue weighted by atomic mass is 35.5. The van der Waals surface area contributed by atoms with Gasteiger partial charge in [0.05, 0.1) is 13.1 Å². The van der Waals surface area contributed by atoms with E-state index in [1.807, 2.05) is 4.68 Å². The lowest BCUT2D eigenvalue weighted by Crippen LogP contribution is -2.39. The van der Waals surface area contributed by atoms with Gasteiger partial charge < -0.3 is 0 Å². The molecule has 29 heavy (non-hydrogen) atoms. The molecule has 2 heterocycles. The molecule has 0 saturated carbocycles. The van der Waals surface area contributed by atoms with E-state index in [0.717, 1.165) is 49.6 Å². The third-order valence-corrected chi connectivity index (χ3v) is 5.44. The fraction of sp³-hybridized carbons (Fsp3) is 0.318. The molecule has 5 nitrogen and oxygen atoms in total. The molecular formula is C22H23ClFN4O+. The number of rotatable bonds is 6. The monoisotopic (exact) mass is 413 g/mol. The molecule has 0 amide bonds. The van der Waals surface area contributed by atoms with Crippen LogP contribution in [-0.4, -0.2) is 15.6 Å². The lowest BCUT2D eigenvalue weighted by Gasteiger charge is -2.03. The maximum Gasteiger partial charge on any atom is 0.378 e.